The average molecular weight is 464 g/mol. The van der Waals surface area contributed by atoms with Crippen LogP contribution in [0.2, 0.25) is 0 Å². The number of phenols is 2. The molecule has 11 nitrogen and oxygen atoms in total. The van der Waals surface area contributed by atoms with Crippen LogP contribution in [0.1, 0.15) is 6.42 Å². The van der Waals surface area contributed by atoms with Gasteiger partial charge in [0.1, 0.15) is 40.6 Å². The molecule has 0 aliphatic heterocycles. The van der Waals surface area contributed by atoms with Gasteiger partial charge in [0.25, 0.3) is 0 Å². The van der Waals surface area contributed by atoms with Crippen molar-refractivity contribution < 1.29 is 49.3 Å². The molecule has 1 aromatic heterocycles. The summed E-state index contributed by atoms with van der Waals surface area (Å²) in [4.78, 5) is 13.1. The molecule has 6 N–H and O–H groups in total. The zero-order valence-corrected chi connectivity index (χ0v) is 17.8. The second-order valence-corrected chi connectivity index (χ2v) is 7.86. The summed E-state index contributed by atoms with van der Waals surface area (Å²) >= 11 is 0. The van der Waals surface area contributed by atoms with Crippen LogP contribution in [-0.4, -0.2) is 75.9 Å². The van der Waals surface area contributed by atoms with Crippen molar-refractivity contribution in [3.63, 3.8) is 0 Å². The molecular formula is C22H24O11. The van der Waals surface area contributed by atoms with Gasteiger partial charge in [0.05, 0.1) is 20.3 Å². The highest BCUT2D eigenvalue weighted by Crippen LogP contribution is 2.44. The fraction of sp³-hybridized carbons (Fsp3) is 0.409. The van der Waals surface area contributed by atoms with Gasteiger partial charge in [-0.3, -0.25) is 4.79 Å². The lowest BCUT2D eigenvalue weighted by Crippen LogP contribution is -2.56. The van der Waals surface area contributed by atoms with Gasteiger partial charge >= 0.3 is 0 Å². The van der Waals surface area contributed by atoms with Crippen molar-refractivity contribution in [1.29, 1.82) is 0 Å². The third-order valence-corrected chi connectivity index (χ3v) is 5.97. The predicted octanol–water partition coefficient (Wildman–Crippen LogP) is 0.217. The first kappa shape index (κ1) is 22.9. The van der Waals surface area contributed by atoms with E-state index in [9.17, 15) is 35.4 Å². The number of fused-ring (bicyclic) bond motifs is 2. The highest BCUT2D eigenvalue weighted by atomic mass is 16.5. The van der Waals surface area contributed by atoms with Gasteiger partial charge in [0.2, 0.25) is 11.2 Å². The predicted molar refractivity (Wildman–Crippen MR) is 114 cm³/mol. The zero-order valence-electron chi connectivity index (χ0n) is 17.8. The molecule has 1 heterocycles. The number of aromatic hydroxyl groups is 2. The van der Waals surface area contributed by atoms with E-state index < -0.39 is 48.1 Å². The Hall–Kier alpha value is -3.25. The summed E-state index contributed by atoms with van der Waals surface area (Å²) in [6, 6.07) is 3.75. The van der Waals surface area contributed by atoms with Gasteiger partial charge in [-0.2, -0.15) is 0 Å². The largest absolute Gasteiger partial charge is 0.507 e. The summed E-state index contributed by atoms with van der Waals surface area (Å²) < 4.78 is 22.2. The molecule has 1 aliphatic rings. The maximum absolute atomic E-state index is 13.1. The molecule has 11 heteroatoms. The third-order valence-electron chi connectivity index (χ3n) is 5.97. The van der Waals surface area contributed by atoms with Gasteiger partial charge in [-0.25, -0.2) is 0 Å². The molecule has 0 radical (unpaired) electrons. The standard InChI is InChI=1S/C22H24O11/c1-30-11-4-3-9(24)14-18(28)15-10(25)6-13(21(31-2)22(15)33-20(11)14)32-12-5-8(7-23)16(26)19(29)17(12)27/h3-4,6,8,12,16-17,19,23-27,29H,5,7H2,1-2H3/t8-,12+,16-,17+,19+/m1/s1. The van der Waals surface area contributed by atoms with Crippen LogP contribution < -0.4 is 19.6 Å². The van der Waals surface area contributed by atoms with Crippen molar-refractivity contribution >= 4 is 21.9 Å². The van der Waals surface area contributed by atoms with Crippen LogP contribution in [0.25, 0.3) is 21.9 Å². The second kappa shape index (κ2) is 8.60. The molecule has 1 aliphatic carbocycles. The Morgan fingerprint density at radius 1 is 0.939 bits per heavy atom. The number of hydrogen-bond donors (Lipinski definition) is 6. The van der Waals surface area contributed by atoms with Crippen molar-refractivity contribution in [2.75, 3.05) is 20.8 Å². The van der Waals surface area contributed by atoms with Gasteiger partial charge in [0, 0.05) is 18.6 Å². The van der Waals surface area contributed by atoms with Gasteiger partial charge in [-0.15, -0.1) is 0 Å². The Labute approximate surface area is 186 Å². The average Bonchev–Trinajstić information content (AvgIpc) is 2.79. The maximum Gasteiger partial charge on any atom is 0.208 e. The Morgan fingerprint density at radius 3 is 2.27 bits per heavy atom. The van der Waals surface area contributed by atoms with E-state index in [4.69, 9.17) is 18.6 Å². The number of aliphatic hydroxyl groups excluding tert-OH is 4. The number of hydrogen-bond acceptors (Lipinski definition) is 11. The number of phenolic OH excluding ortho intramolecular Hbond substituents is 2. The van der Waals surface area contributed by atoms with Crippen LogP contribution in [-0.2, 0) is 0 Å². The number of methoxy groups -OCH3 is 2. The van der Waals surface area contributed by atoms with Crippen LogP contribution in [0.15, 0.2) is 27.4 Å². The van der Waals surface area contributed by atoms with Crippen LogP contribution in [0.4, 0.5) is 0 Å². The number of rotatable bonds is 5. The lowest BCUT2D eigenvalue weighted by atomic mass is 9.81. The highest BCUT2D eigenvalue weighted by Gasteiger charge is 2.44. The van der Waals surface area contributed by atoms with Gasteiger partial charge in [-0.05, 0) is 18.6 Å². The molecule has 4 rings (SSSR count). The summed E-state index contributed by atoms with van der Waals surface area (Å²) in [6.45, 7) is -0.449. The lowest BCUT2D eigenvalue weighted by molar-refractivity contribution is -0.157. The molecular weight excluding hydrogens is 440 g/mol. The van der Waals surface area contributed by atoms with Crippen molar-refractivity contribution in [2.24, 2.45) is 5.92 Å². The van der Waals surface area contributed by atoms with Crippen LogP contribution in [0.3, 0.4) is 0 Å². The topological polar surface area (TPSA) is 179 Å². The minimum atomic E-state index is -1.57. The molecule has 0 bridgehead atoms. The Balaban J connectivity index is 1.90. The first-order valence-corrected chi connectivity index (χ1v) is 10.1. The Kier molecular flexibility index (Phi) is 5.97. The summed E-state index contributed by atoms with van der Waals surface area (Å²) in [6.07, 6.45) is -5.53. The molecule has 0 spiro atoms. The van der Waals surface area contributed by atoms with Crippen LogP contribution >= 0.6 is 0 Å². The molecule has 0 unspecified atom stereocenters. The fourth-order valence-electron chi connectivity index (χ4n) is 4.20. The minimum absolute atomic E-state index is 0.0127. The molecule has 1 fully saturated rings. The zero-order chi connectivity index (χ0) is 24.0. The number of ether oxygens (including phenoxy) is 3. The molecule has 2 aromatic carbocycles. The summed E-state index contributed by atoms with van der Waals surface area (Å²) in [5, 5.41) is 60.3. The van der Waals surface area contributed by atoms with Crippen molar-refractivity contribution in [2.45, 2.75) is 30.8 Å². The molecule has 33 heavy (non-hydrogen) atoms. The van der Waals surface area contributed by atoms with E-state index >= 15 is 0 Å². The Morgan fingerprint density at radius 2 is 1.64 bits per heavy atom. The molecule has 178 valence electrons. The lowest BCUT2D eigenvalue weighted by Gasteiger charge is -2.39. The summed E-state index contributed by atoms with van der Waals surface area (Å²) in [5.41, 5.74) is -1.01. The van der Waals surface area contributed by atoms with Crippen molar-refractivity contribution in [3.05, 3.63) is 28.4 Å². The van der Waals surface area contributed by atoms with Crippen LogP contribution in [0, 0.1) is 5.92 Å². The van der Waals surface area contributed by atoms with Crippen LogP contribution in [0.5, 0.6) is 28.7 Å². The Bertz CT molecular complexity index is 1250. The minimum Gasteiger partial charge on any atom is -0.507 e. The van der Waals surface area contributed by atoms with E-state index in [1.807, 2.05) is 0 Å². The molecule has 0 saturated heterocycles. The van der Waals surface area contributed by atoms with E-state index in [-0.39, 0.29) is 51.4 Å². The first-order valence-electron chi connectivity index (χ1n) is 10.1. The fourth-order valence-corrected chi connectivity index (χ4v) is 4.20. The third kappa shape index (κ3) is 3.59. The van der Waals surface area contributed by atoms with E-state index in [1.165, 1.54) is 26.4 Å². The van der Waals surface area contributed by atoms with E-state index in [2.05, 4.69) is 0 Å². The van der Waals surface area contributed by atoms with E-state index in [0.29, 0.717) is 0 Å². The molecule has 5 atom stereocenters. The van der Waals surface area contributed by atoms with E-state index in [1.54, 1.807) is 0 Å². The maximum atomic E-state index is 13.1. The number of benzene rings is 2. The van der Waals surface area contributed by atoms with Crippen molar-refractivity contribution in [3.8, 4) is 28.7 Å². The van der Waals surface area contributed by atoms with Gasteiger partial charge in [-0.1, -0.05) is 0 Å². The van der Waals surface area contributed by atoms with Gasteiger partial charge < -0.3 is 49.3 Å². The highest BCUT2D eigenvalue weighted by molar-refractivity contribution is 6.00. The first-order chi connectivity index (χ1) is 15.7. The molecule has 0 amide bonds. The molecule has 1 saturated carbocycles. The smallest absolute Gasteiger partial charge is 0.208 e. The number of aliphatic hydroxyl groups is 4. The monoisotopic (exact) mass is 464 g/mol. The summed E-state index contributed by atoms with van der Waals surface area (Å²) in [7, 11) is 2.63. The van der Waals surface area contributed by atoms with E-state index in [0.717, 1.165) is 6.07 Å². The normalized spacial score (nSPS) is 25.3. The quantitative estimate of drug-likeness (QED) is 0.284. The molecule has 3 aromatic rings. The SMILES string of the molecule is COc1ccc(O)c2c(=O)c3c(O)cc(O[C@H]4C[C@H](CO)[C@@H](O)[C@H](O)[C@H]4O)c(OC)c3oc12. The van der Waals surface area contributed by atoms with Crippen molar-refractivity contribution in [1.82, 2.24) is 0 Å². The second-order valence-electron chi connectivity index (χ2n) is 7.86. The summed E-state index contributed by atoms with van der Waals surface area (Å²) in [5.74, 6) is -1.73. The van der Waals surface area contributed by atoms with Gasteiger partial charge in [0.15, 0.2) is 22.7 Å².